The topological polar surface area (TPSA) is 42.4 Å². The summed E-state index contributed by atoms with van der Waals surface area (Å²) in [5, 5.41) is 0. The number of hydrogen-bond acceptors (Lipinski definition) is 4. The predicted molar refractivity (Wildman–Crippen MR) is 91.4 cm³/mol. The van der Waals surface area contributed by atoms with Crippen molar-refractivity contribution in [1.29, 1.82) is 0 Å². The molecule has 2 aromatic rings. The highest BCUT2D eigenvalue weighted by Crippen LogP contribution is 2.54. The molecule has 1 spiro atoms. The molecule has 1 aromatic carbocycles. The highest BCUT2D eigenvalue weighted by atomic mass is 79.9. The summed E-state index contributed by atoms with van der Waals surface area (Å²) in [6, 6.07) is 11.8. The number of hydrogen-bond donors (Lipinski definition) is 0. The van der Waals surface area contributed by atoms with E-state index in [1.165, 1.54) is 12.1 Å². The number of halogens is 2. The number of carbonyl (C=O) groups is 1. The Morgan fingerprint density at radius 3 is 2.71 bits per heavy atom. The fourth-order valence-corrected chi connectivity index (χ4v) is 3.70. The minimum Gasteiger partial charge on any atom is -0.456 e. The van der Waals surface area contributed by atoms with E-state index < -0.39 is 0 Å². The Morgan fingerprint density at radius 1 is 1.29 bits per heavy atom. The van der Waals surface area contributed by atoms with Crippen molar-refractivity contribution in [3.05, 3.63) is 58.4 Å². The van der Waals surface area contributed by atoms with Gasteiger partial charge in [0.25, 0.3) is 0 Å². The lowest BCUT2D eigenvalue weighted by Gasteiger charge is -2.18. The maximum atomic E-state index is 13.6. The van der Waals surface area contributed by atoms with E-state index in [1.54, 1.807) is 12.1 Å². The van der Waals surface area contributed by atoms with Crippen molar-refractivity contribution in [2.24, 2.45) is 5.41 Å². The molecule has 124 valence electrons. The third kappa shape index (κ3) is 2.90. The second kappa shape index (κ2) is 5.84. The Kier molecular flexibility index (Phi) is 3.79. The lowest BCUT2D eigenvalue weighted by Crippen LogP contribution is -2.28. The molecule has 1 aliphatic carbocycles. The van der Waals surface area contributed by atoms with Gasteiger partial charge in [-0.05, 0) is 40.9 Å². The number of anilines is 1. The number of nitrogens with zero attached hydrogens (tertiary/aromatic N) is 2. The van der Waals surface area contributed by atoms with Gasteiger partial charge in [0.05, 0.1) is 12.1 Å². The van der Waals surface area contributed by atoms with E-state index in [9.17, 15) is 9.18 Å². The molecule has 2 heterocycles. The zero-order valence-corrected chi connectivity index (χ0v) is 14.5. The molecule has 1 aliphatic heterocycles. The smallest absolute Gasteiger partial charge is 0.338 e. The first kappa shape index (κ1) is 15.6. The molecule has 1 atom stereocenters. The summed E-state index contributed by atoms with van der Waals surface area (Å²) in [6.45, 7) is 1.28. The molecule has 0 amide bonds. The van der Waals surface area contributed by atoms with Gasteiger partial charge in [0.2, 0.25) is 0 Å². The summed E-state index contributed by atoms with van der Waals surface area (Å²) in [5.74, 6) is -0.0602. The summed E-state index contributed by atoms with van der Waals surface area (Å²) < 4.78 is 19.9. The van der Waals surface area contributed by atoms with Gasteiger partial charge in [-0.25, -0.2) is 14.2 Å². The van der Waals surface area contributed by atoms with E-state index in [0.717, 1.165) is 19.4 Å². The highest BCUT2D eigenvalue weighted by molar-refractivity contribution is 9.10. The average Bonchev–Trinajstić information content (AvgIpc) is 3.24. The van der Waals surface area contributed by atoms with Crippen molar-refractivity contribution in [3.8, 4) is 0 Å². The molecule has 1 unspecified atom stereocenters. The summed E-state index contributed by atoms with van der Waals surface area (Å²) in [7, 11) is 0. The third-order valence-electron chi connectivity index (χ3n) is 4.80. The molecule has 0 bridgehead atoms. The summed E-state index contributed by atoms with van der Waals surface area (Å²) >= 11 is 3.23. The second-order valence-corrected chi connectivity index (χ2v) is 7.28. The van der Waals surface area contributed by atoms with E-state index >= 15 is 0 Å². The third-order valence-corrected chi connectivity index (χ3v) is 5.20. The number of carbonyl (C=O) groups excluding carboxylic acids is 1. The van der Waals surface area contributed by atoms with E-state index in [2.05, 4.69) is 20.9 Å². The molecule has 0 N–H and O–H groups in total. The molecule has 4 rings (SSSR count). The first-order valence-electron chi connectivity index (χ1n) is 7.90. The Balaban J connectivity index is 1.52. The van der Waals surface area contributed by atoms with Gasteiger partial charge in [0, 0.05) is 24.1 Å². The molecule has 2 fully saturated rings. The number of benzene rings is 1. The Labute approximate surface area is 147 Å². The van der Waals surface area contributed by atoms with Gasteiger partial charge < -0.3 is 9.64 Å². The Bertz CT molecular complexity index is 760. The Morgan fingerprint density at radius 2 is 2.04 bits per heavy atom. The van der Waals surface area contributed by atoms with Gasteiger partial charge in [-0.15, -0.1) is 0 Å². The van der Waals surface area contributed by atoms with E-state index in [-0.39, 0.29) is 23.3 Å². The average molecular weight is 391 g/mol. The molecule has 1 aromatic heterocycles. The maximum absolute atomic E-state index is 13.6. The molecular weight excluding hydrogens is 375 g/mol. The number of esters is 1. The van der Waals surface area contributed by atoms with Crippen LogP contribution in [0.5, 0.6) is 0 Å². The summed E-state index contributed by atoms with van der Waals surface area (Å²) in [5.41, 5.74) is 0.545. The largest absolute Gasteiger partial charge is 0.456 e. The maximum Gasteiger partial charge on any atom is 0.338 e. The number of aromatic nitrogens is 1. The first-order valence-corrected chi connectivity index (χ1v) is 8.69. The number of rotatable bonds is 3. The minimum absolute atomic E-state index is 0.00901. The number of pyridine rings is 1. The van der Waals surface area contributed by atoms with Gasteiger partial charge in [0.1, 0.15) is 22.3 Å². The molecular formula is C18H16BrFN2O2. The van der Waals surface area contributed by atoms with Gasteiger partial charge >= 0.3 is 5.97 Å². The van der Waals surface area contributed by atoms with Gasteiger partial charge in [-0.1, -0.05) is 18.2 Å². The van der Waals surface area contributed by atoms with Crippen LogP contribution < -0.4 is 4.90 Å². The van der Waals surface area contributed by atoms with Crippen LogP contribution >= 0.6 is 15.9 Å². The second-order valence-electron chi connectivity index (χ2n) is 6.47. The van der Waals surface area contributed by atoms with Crippen molar-refractivity contribution in [2.75, 3.05) is 18.0 Å². The quantitative estimate of drug-likeness (QED) is 0.590. The van der Waals surface area contributed by atoms with E-state index in [4.69, 9.17) is 4.74 Å². The standard InChI is InChI=1S/C18H16BrFN2O2/c19-15-8-13(20)9-16(21-15)22-10-14(18(11-22)6-7-18)24-17(23)12-4-2-1-3-5-12/h1-5,8-9,14H,6-7,10-11H2. The van der Waals surface area contributed by atoms with Crippen molar-refractivity contribution in [2.45, 2.75) is 18.9 Å². The molecule has 4 nitrogen and oxygen atoms in total. The zero-order valence-electron chi connectivity index (χ0n) is 12.9. The first-order chi connectivity index (χ1) is 11.6. The lowest BCUT2D eigenvalue weighted by atomic mass is 10.0. The van der Waals surface area contributed by atoms with Gasteiger partial charge in [-0.2, -0.15) is 0 Å². The van der Waals surface area contributed by atoms with E-state index in [1.807, 2.05) is 23.1 Å². The zero-order chi connectivity index (χ0) is 16.7. The van der Waals surface area contributed by atoms with Crippen molar-refractivity contribution in [3.63, 3.8) is 0 Å². The van der Waals surface area contributed by atoms with Gasteiger partial charge in [-0.3, -0.25) is 0 Å². The van der Waals surface area contributed by atoms with Crippen LogP contribution in [0, 0.1) is 11.2 Å². The van der Waals surface area contributed by atoms with Crippen LogP contribution in [0.3, 0.4) is 0 Å². The SMILES string of the molecule is O=C(OC1CN(c2cc(F)cc(Br)n2)CC12CC2)c1ccccc1. The van der Waals surface area contributed by atoms with Crippen molar-refractivity contribution in [1.82, 2.24) is 4.98 Å². The minimum atomic E-state index is -0.332. The van der Waals surface area contributed by atoms with Crippen LogP contribution in [-0.2, 0) is 4.74 Å². The normalized spacial score (nSPS) is 21.1. The van der Waals surface area contributed by atoms with Crippen molar-refractivity contribution < 1.29 is 13.9 Å². The summed E-state index contributed by atoms with van der Waals surface area (Å²) in [4.78, 5) is 18.7. The molecule has 6 heteroatoms. The van der Waals surface area contributed by atoms with Crippen LogP contribution in [0.15, 0.2) is 47.1 Å². The lowest BCUT2D eigenvalue weighted by molar-refractivity contribution is 0.0215. The fourth-order valence-electron chi connectivity index (χ4n) is 3.30. The molecule has 24 heavy (non-hydrogen) atoms. The predicted octanol–water partition coefficient (Wildman–Crippen LogP) is 3.81. The fraction of sp³-hybridized carbons (Fsp3) is 0.333. The van der Waals surface area contributed by atoms with Crippen LogP contribution in [0.4, 0.5) is 10.2 Å². The monoisotopic (exact) mass is 390 g/mol. The number of ether oxygens (including phenoxy) is 1. The van der Waals surface area contributed by atoms with Crippen LogP contribution in [-0.4, -0.2) is 30.1 Å². The van der Waals surface area contributed by atoms with Crippen LogP contribution in [0.1, 0.15) is 23.2 Å². The van der Waals surface area contributed by atoms with Crippen molar-refractivity contribution >= 4 is 27.7 Å². The molecule has 2 aliphatic rings. The molecule has 0 radical (unpaired) electrons. The molecule has 1 saturated carbocycles. The van der Waals surface area contributed by atoms with Crippen LogP contribution in [0.25, 0.3) is 0 Å². The Hall–Kier alpha value is -1.95. The summed E-state index contributed by atoms with van der Waals surface area (Å²) in [6.07, 6.45) is 1.86. The van der Waals surface area contributed by atoms with Crippen LogP contribution in [0.2, 0.25) is 0 Å². The van der Waals surface area contributed by atoms with E-state index in [0.29, 0.717) is 22.5 Å². The molecule has 1 saturated heterocycles. The van der Waals surface area contributed by atoms with Gasteiger partial charge in [0.15, 0.2) is 0 Å². The highest BCUT2D eigenvalue weighted by Gasteiger charge is 2.57.